The number of carbonyl (C=O) groups excluding carboxylic acids is 1. The van der Waals surface area contributed by atoms with E-state index in [4.69, 9.17) is 21.1 Å². The summed E-state index contributed by atoms with van der Waals surface area (Å²) in [6.07, 6.45) is 4.90. The van der Waals surface area contributed by atoms with E-state index < -0.39 is 0 Å². The Morgan fingerprint density at radius 2 is 2.07 bits per heavy atom. The number of nitrogens with one attached hydrogen (secondary N) is 1. The summed E-state index contributed by atoms with van der Waals surface area (Å²) < 4.78 is 10.8. The molecule has 154 valence electrons. The molecule has 0 unspecified atom stereocenters. The van der Waals surface area contributed by atoms with Gasteiger partial charge in [-0.25, -0.2) is 9.97 Å². The lowest BCUT2D eigenvalue weighted by molar-refractivity contribution is 0.0302. The number of aromatic nitrogens is 3. The van der Waals surface area contributed by atoms with Crippen LogP contribution in [-0.4, -0.2) is 59.2 Å². The van der Waals surface area contributed by atoms with Crippen molar-refractivity contribution in [3.05, 3.63) is 59.5 Å². The molecule has 8 nitrogen and oxygen atoms in total. The van der Waals surface area contributed by atoms with Gasteiger partial charge in [0.15, 0.2) is 0 Å². The van der Waals surface area contributed by atoms with Crippen LogP contribution in [0.3, 0.4) is 0 Å². The zero-order chi connectivity index (χ0) is 20.9. The molecule has 9 heteroatoms. The number of anilines is 2. The first kappa shape index (κ1) is 20.1. The fourth-order valence-corrected chi connectivity index (χ4v) is 3.33. The Balaban J connectivity index is 1.58. The first-order valence-corrected chi connectivity index (χ1v) is 9.78. The van der Waals surface area contributed by atoms with Crippen molar-refractivity contribution < 1.29 is 14.3 Å². The van der Waals surface area contributed by atoms with Crippen molar-refractivity contribution >= 4 is 29.1 Å². The number of nitrogens with zero attached hydrogens (tertiary/aromatic N) is 4. The van der Waals surface area contributed by atoms with Crippen LogP contribution >= 0.6 is 11.6 Å². The third kappa shape index (κ3) is 4.34. The number of morpholine rings is 1. The van der Waals surface area contributed by atoms with E-state index in [1.54, 1.807) is 42.6 Å². The molecule has 1 aromatic carbocycles. The van der Waals surface area contributed by atoms with E-state index in [9.17, 15) is 4.79 Å². The van der Waals surface area contributed by atoms with Gasteiger partial charge in [-0.2, -0.15) is 0 Å². The van der Waals surface area contributed by atoms with Gasteiger partial charge in [-0.05, 0) is 30.3 Å². The van der Waals surface area contributed by atoms with Gasteiger partial charge in [0.2, 0.25) is 5.95 Å². The second-order valence-electron chi connectivity index (χ2n) is 6.58. The standard InChI is InChI=1S/C21H20ClN5O3/c1-29-18-11-14(20(28)27-7-9-30-10-8-27)4-5-17(18)25-21-24-13-16(22)19(26-21)15-3-2-6-23-12-15/h2-6,11-13H,7-10H2,1H3,(H,24,25,26). The third-order valence-electron chi connectivity index (χ3n) is 4.67. The molecule has 0 aliphatic carbocycles. The van der Waals surface area contributed by atoms with Gasteiger partial charge in [0.05, 0.1) is 42.9 Å². The lowest BCUT2D eigenvalue weighted by Gasteiger charge is -2.27. The molecular formula is C21H20ClN5O3. The van der Waals surface area contributed by atoms with Crippen molar-refractivity contribution in [1.82, 2.24) is 19.9 Å². The highest BCUT2D eigenvalue weighted by Gasteiger charge is 2.20. The minimum Gasteiger partial charge on any atom is -0.495 e. The molecule has 30 heavy (non-hydrogen) atoms. The summed E-state index contributed by atoms with van der Waals surface area (Å²) in [6.45, 7) is 2.26. The average molecular weight is 426 g/mol. The highest BCUT2D eigenvalue weighted by Crippen LogP contribution is 2.30. The van der Waals surface area contributed by atoms with Crippen molar-refractivity contribution in [1.29, 1.82) is 0 Å². The number of carbonyl (C=O) groups is 1. The van der Waals surface area contributed by atoms with Gasteiger partial charge < -0.3 is 19.7 Å². The molecule has 0 atom stereocenters. The molecule has 1 fully saturated rings. The van der Waals surface area contributed by atoms with Crippen LogP contribution in [0.4, 0.5) is 11.6 Å². The van der Waals surface area contributed by atoms with Crippen molar-refractivity contribution in [2.75, 3.05) is 38.7 Å². The number of pyridine rings is 1. The van der Waals surface area contributed by atoms with E-state index in [1.165, 1.54) is 6.20 Å². The number of rotatable bonds is 5. The van der Waals surface area contributed by atoms with E-state index in [0.717, 1.165) is 5.56 Å². The second kappa shape index (κ2) is 9.06. The van der Waals surface area contributed by atoms with Gasteiger partial charge in [-0.1, -0.05) is 11.6 Å². The van der Waals surface area contributed by atoms with Crippen LogP contribution in [-0.2, 0) is 4.74 Å². The Bertz CT molecular complexity index is 1040. The van der Waals surface area contributed by atoms with E-state index >= 15 is 0 Å². The van der Waals surface area contributed by atoms with Gasteiger partial charge >= 0.3 is 0 Å². The van der Waals surface area contributed by atoms with Gasteiger partial charge in [-0.15, -0.1) is 0 Å². The maximum absolute atomic E-state index is 12.7. The van der Waals surface area contributed by atoms with Crippen LogP contribution in [0.2, 0.25) is 5.02 Å². The molecule has 1 amide bonds. The second-order valence-corrected chi connectivity index (χ2v) is 6.98. The number of benzene rings is 1. The average Bonchev–Trinajstić information content (AvgIpc) is 2.81. The highest BCUT2D eigenvalue weighted by molar-refractivity contribution is 6.32. The maximum Gasteiger partial charge on any atom is 0.254 e. The molecule has 0 spiro atoms. The van der Waals surface area contributed by atoms with Crippen molar-refractivity contribution in [2.45, 2.75) is 0 Å². The van der Waals surface area contributed by atoms with Crippen LogP contribution in [0.1, 0.15) is 10.4 Å². The minimum absolute atomic E-state index is 0.0512. The smallest absolute Gasteiger partial charge is 0.254 e. The first-order chi connectivity index (χ1) is 14.7. The minimum atomic E-state index is -0.0512. The predicted molar refractivity (Wildman–Crippen MR) is 113 cm³/mol. The lowest BCUT2D eigenvalue weighted by atomic mass is 10.1. The summed E-state index contributed by atoms with van der Waals surface area (Å²) in [5, 5.41) is 3.56. The monoisotopic (exact) mass is 425 g/mol. The Labute approximate surface area is 178 Å². The topological polar surface area (TPSA) is 89.5 Å². The molecule has 1 aliphatic rings. The molecule has 2 aromatic heterocycles. The van der Waals surface area contributed by atoms with Gasteiger partial charge in [0, 0.05) is 36.6 Å². The Morgan fingerprint density at radius 1 is 1.23 bits per heavy atom. The summed E-state index contributed by atoms with van der Waals surface area (Å²) in [5.41, 5.74) is 2.54. The zero-order valence-electron chi connectivity index (χ0n) is 16.3. The Kier molecular flexibility index (Phi) is 6.06. The fraction of sp³-hybridized carbons (Fsp3) is 0.238. The molecule has 0 bridgehead atoms. The third-order valence-corrected chi connectivity index (χ3v) is 4.95. The number of hydrogen-bond donors (Lipinski definition) is 1. The highest BCUT2D eigenvalue weighted by atomic mass is 35.5. The van der Waals surface area contributed by atoms with Crippen molar-refractivity contribution in [3.63, 3.8) is 0 Å². The van der Waals surface area contributed by atoms with Crippen molar-refractivity contribution in [2.24, 2.45) is 0 Å². The normalized spacial score (nSPS) is 13.7. The SMILES string of the molecule is COc1cc(C(=O)N2CCOCC2)ccc1Nc1ncc(Cl)c(-c2cccnc2)n1. The lowest BCUT2D eigenvalue weighted by Crippen LogP contribution is -2.40. The molecule has 1 aliphatic heterocycles. The van der Waals surface area contributed by atoms with Crippen LogP contribution in [0.25, 0.3) is 11.3 Å². The number of amides is 1. The van der Waals surface area contributed by atoms with E-state index in [-0.39, 0.29) is 5.91 Å². The number of halogens is 1. The molecule has 1 N–H and O–H groups in total. The Hall–Kier alpha value is -3.23. The Morgan fingerprint density at radius 3 is 2.80 bits per heavy atom. The largest absolute Gasteiger partial charge is 0.495 e. The summed E-state index contributed by atoms with van der Waals surface area (Å²) in [7, 11) is 1.55. The number of methoxy groups -OCH3 is 1. The number of hydrogen-bond acceptors (Lipinski definition) is 7. The zero-order valence-corrected chi connectivity index (χ0v) is 17.1. The maximum atomic E-state index is 12.7. The predicted octanol–water partition coefficient (Wildman–Crippen LogP) is 3.42. The van der Waals surface area contributed by atoms with E-state index in [2.05, 4.69) is 20.3 Å². The molecule has 0 radical (unpaired) electrons. The summed E-state index contributed by atoms with van der Waals surface area (Å²) in [5.74, 6) is 0.809. The molecule has 1 saturated heterocycles. The molecule has 4 rings (SSSR count). The van der Waals surface area contributed by atoms with Crippen LogP contribution < -0.4 is 10.1 Å². The van der Waals surface area contributed by atoms with Gasteiger partial charge in [0.1, 0.15) is 5.75 Å². The fourth-order valence-electron chi connectivity index (χ4n) is 3.13. The van der Waals surface area contributed by atoms with Crippen LogP contribution in [0.15, 0.2) is 48.9 Å². The first-order valence-electron chi connectivity index (χ1n) is 9.41. The van der Waals surface area contributed by atoms with Gasteiger partial charge in [-0.3, -0.25) is 9.78 Å². The summed E-state index contributed by atoms with van der Waals surface area (Å²) in [6, 6.07) is 8.92. The summed E-state index contributed by atoms with van der Waals surface area (Å²) >= 11 is 6.27. The molecule has 3 heterocycles. The number of ether oxygens (including phenoxy) is 2. The van der Waals surface area contributed by atoms with Crippen LogP contribution in [0, 0.1) is 0 Å². The summed E-state index contributed by atoms with van der Waals surface area (Å²) in [4.78, 5) is 27.4. The van der Waals surface area contributed by atoms with Gasteiger partial charge in [0.25, 0.3) is 5.91 Å². The molecule has 0 saturated carbocycles. The molecule has 3 aromatic rings. The van der Waals surface area contributed by atoms with E-state index in [0.29, 0.717) is 60.0 Å². The molecular weight excluding hydrogens is 406 g/mol. The van der Waals surface area contributed by atoms with Crippen molar-refractivity contribution in [3.8, 4) is 17.0 Å². The quantitative estimate of drug-likeness (QED) is 0.669. The van der Waals surface area contributed by atoms with Crippen LogP contribution in [0.5, 0.6) is 5.75 Å². The van der Waals surface area contributed by atoms with E-state index in [1.807, 2.05) is 12.1 Å².